The molecule has 0 unspecified atom stereocenters. The molecule has 2 nitrogen and oxygen atoms in total. The van der Waals surface area contributed by atoms with Crippen molar-refractivity contribution < 1.29 is 22.3 Å². The Morgan fingerprint density at radius 2 is 1.53 bits per heavy atom. The molecule has 0 radical (unpaired) electrons. The van der Waals surface area contributed by atoms with Gasteiger partial charge in [0.1, 0.15) is 6.61 Å². The second-order valence-corrected chi connectivity index (χ2v) is 3.78. The number of hydrogen-bond donors (Lipinski definition) is 1. The summed E-state index contributed by atoms with van der Waals surface area (Å²) >= 11 is 0. The molecule has 0 saturated heterocycles. The summed E-state index contributed by atoms with van der Waals surface area (Å²) in [5.41, 5.74) is 6.40. The van der Waals surface area contributed by atoms with E-state index >= 15 is 0 Å². The monoisotopic (exact) mass is 271 g/mol. The van der Waals surface area contributed by atoms with Crippen molar-refractivity contribution in [3.05, 3.63) is 59.2 Å². The Kier molecular flexibility index (Phi) is 3.59. The minimum absolute atomic E-state index is 0.119. The lowest BCUT2D eigenvalue weighted by Gasteiger charge is -2.10. The summed E-state index contributed by atoms with van der Waals surface area (Å²) in [5.74, 6) is -7.28. The largest absolute Gasteiger partial charge is 0.483 e. The van der Waals surface area contributed by atoms with Crippen LogP contribution in [0.2, 0.25) is 0 Å². The molecule has 0 atom stereocenters. The lowest BCUT2D eigenvalue weighted by atomic mass is 10.2. The minimum atomic E-state index is -1.58. The number of nitrogen functional groups attached to an aromatic ring is 1. The lowest BCUT2D eigenvalue weighted by molar-refractivity contribution is 0.262. The molecule has 2 N–H and O–H groups in total. The van der Waals surface area contributed by atoms with E-state index in [-0.39, 0.29) is 12.7 Å². The summed E-state index contributed by atoms with van der Waals surface area (Å²) in [6, 6.07) is 6.57. The van der Waals surface area contributed by atoms with E-state index in [0.717, 1.165) is 0 Å². The van der Waals surface area contributed by atoms with Gasteiger partial charge in [-0.15, -0.1) is 0 Å². The Morgan fingerprint density at radius 3 is 2.11 bits per heavy atom. The average Bonchev–Trinajstić information content (AvgIpc) is 2.38. The number of rotatable bonds is 3. The van der Waals surface area contributed by atoms with E-state index in [0.29, 0.717) is 11.3 Å². The van der Waals surface area contributed by atoms with Gasteiger partial charge in [-0.05, 0) is 6.07 Å². The smallest absolute Gasteiger partial charge is 0.203 e. The van der Waals surface area contributed by atoms with Gasteiger partial charge < -0.3 is 10.5 Å². The number of benzene rings is 2. The molecule has 0 fully saturated rings. The van der Waals surface area contributed by atoms with Gasteiger partial charge in [0.2, 0.25) is 11.6 Å². The summed E-state index contributed by atoms with van der Waals surface area (Å²) in [6.07, 6.45) is 0. The molecule has 2 rings (SSSR count). The molecular formula is C13H9F4NO. The van der Waals surface area contributed by atoms with Crippen molar-refractivity contribution in [3.63, 3.8) is 0 Å². The van der Waals surface area contributed by atoms with Crippen LogP contribution in [0.3, 0.4) is 0 Å². The summed E-state index contributed by atoms with van der Waals surface area (Å²) in [4.78, 5) is 0. The maximum atomic E-state index is 13.3. The highest BCUT2D eigenvalue weighted by Crippen LogP contribution is 2.27. The molecule has 0 aliphatic carbocycles. The zero-order valence-electron chi connectivity index (χ0n) is 9.59. The second-order valence-electron chi connectivity index (χ2n) is 3.78. The Balaban J connectivity index is 2.28. The van der Waals surface area contributed by atoms with E-state index in [2.05, 4.69) is 0 Å². The van der Waals surface area contributed by atoms with E-state index in [1.807, 2.05) is 0 Å². The first-order valence-corrected chi connectivity index (χ1v) is 5.30. The van der Waals surface area contributed by atoms with Crippen LogP contribution >= 0.6 is 0 Å². The van der Waals surface area contributed by atoms with E-state index in [1.54, 1.807) is 24.3 Å². The molecule has 0 saturated carbocycles. The summed E-state index contributed by atoms with van der Waals surface area (Å²) < 4.78 is 57.3. The number of hydrogen-bond acceptors (Lipinski definition) is 2. The standard InChI is InChI=1S/C13H9F4NO/c14-8-5-9(15)12(17)13(11(8)16)19-6-7-3-1-2-4-10(7)18/h1-5H,6,18H2. The highest BCUT2D eigenvalue weighted by atomic mass is 19.2. The Morgan fingerprint density at radius 1 is 0.947 bits per heavy atom. The summed E-state index contributed by atoms with van der Waals surface area (Å²) in [6.45, 7) is -0.302. The first-order valence-electron chi connectivity index (χ1n) is 5.30. The number of ether oxygens (including phenoxy) is 1. The Labute approximate surface area is 106 Å². The van der Waals surface area contributed by atoms with Crippen LogP contribution in [-0.2, 0) is 6.61 Å². The molecule has 0 aliphatic heterocycles. The maximum absolute atomic E-state index is 13.3. The predicted molar refractivity (Wildman–Crippen MR) is 61.5 cm³/mol. The molecule has 100 valence electrons. The molecule has 6 heteroatoms. The fourth-order valence-corrected chi connectivity index (χ4v) is 1.49. The van der Waals surface area contributed by atoms with Crippen molar-refractivity contribution in [1.82, 2.24) is 0 Å². The lowest BCUT2D eigenvalue weighted by Crippen LogP contribution is -2.05. The number of para-hydroxylation sites is 1. The number of nitrogens with two attached hydrogens (primary N) is 1. The van der Waals surface area contributed by atoms with Crippen molar-refractivity contribution in [2.45, 2.75) is 6.61 Å². The van der Waals surface area contributed by atoms with Gasteiger partial charge in [-0.25, -0.2) is 8.78 Å². The van der Waals surface area contributed by atoms with Crippen LogP contribution < -0.4 is 10.5 Å². The van der Waals surface area contributed by atoms with Gasteiger partial charge in [0.15, 0.2) is 17.4 Å². The second kappa shape index (κ2) is 5.17. The molecular weight excluding hydrogens is 262 g/mol. The average molecular weight is 271 g/mol. The van der Waals surface area contributed by atoms with Gasteiger partial charge in [-0.1, -0.05) is 18.2 Å². The van der Waals surface area contributed by atoms with Crippen LogP contribution in [0.25, 0.3) is 0 Å². The molecule has 0 heterocycles. The van der Waals surface area contributed by atoms with E-state index in [4.69, 9.17) is 10.5 Å². The summed E-state index contributed by atoms with van der Waals surface area (Å²) in [5, 5.41) is 0. The number of halogens is 4. The first kappa shape index (κ1) is 13.2. The highest BCUT2D eigenvalue weighted by Gasteiger charge is 2.20. The fraction of sp³-hybridized carbons (Fsp3) is 0.0769. The van der Waals surface area contributed by atoms with E-state index in [1.165, 1.54) is 0 Å². The van der Waals surface area contributed by atoms with Crippen LogP contribution in [0, 0.1) is 23.3 Å². The molecule has 0 amide bonds. The molecule has 2 aromatic carbocycles. The van der Waals surface area contributed by atoms with E-state index in [9.17, 15) is 17.6 Å². The van der Waals surface area contributed by atoms with Gasteiger partial charge >= 0.3 is 0 Å². The van der Waals surface area contributed by atoms with Crippen molar-refractivity contribution in [1.29, 1.82) is 0 Å². The van der Waals surface area contributed by atoms with Crippen molar-refractivity contribution in [3.8, 4) is 5.75 Å². The van der Waals surface area contributed by atoms with Crippen LogP contribution in [0.15, 0.2) is 30.3 Å². The zero-order chi connectivity index (χ0) is 14.0. The molecule has 0 bridgehead atoms. The van der Waals surface area contributed by atoms with Gasteiger partial charge in [-0.2, -0.15) is 8.78 Å². The Bertz CT molecular complexity index is 590. The molecule has 2 aromatic rings. The fourth-order valence-electron chi connectivity index (χ4n) is 1.49. The van der Waals surface area contributed by atoms with Crippen molar-refractivity contribution in [2.24, 2.45) is 0 Å². The third-order valence-electron chi connectivity index (χ3n) is 2.50. The van der Waals surface area contributed by atoms with Crippen molar-refractivity contribution in [2.75, 3.05) is 5.73 Å². The van der Waals surface area contributed by atoms with E-state index < -0.39 is 29.0 Å². The van der Waals surface area contributed by atoms with Crippen LogP contribution in [0.1, 0.15) is 5.56 Å². The third kappa shape index (κ3) is 2.62. The topological polar surface area (TPSA) is 35.2 Å². The Hall–Kier alpha value is -2.24. The minimum Gasteiger partial charge on any atom is -0.483 e. The molecule has 0 spiro atoms. The predicted octanol–water partition coefficient (Wildman–Crippen LogP) is 3.40. The van der Waals surface area contributed by atoms with Crippen molar-refractivity contribution >= 4 is 5.69 Å². The van der Waals surface area contributed by atoms with Gasteiger partial charge in [0, 0.05) is 17.3 Å². The molecule has 0 aromatic heterocycles. The molecule has 0 aliphatic rings. The third-order valence-corrected chi connectivity index (χ3v) is 2.50. The SMILES string of the molecule is Nc1ccccc1COc1c(F)c(F)cc(F)c1F. The van der Waals surface area contributed by atoms with Crippen LogP contribution in [-0.4, -0.2) is 0 Å². The highest BCUT2D eigenvalue weighted by molar-refractivity contribution is 5.46. The van der Waals surface area contributed by atoms with Crippen LogP contribution in [0.4, 0.5) is 23.2 Å². The quantitative estimate of drug-likeness (QED) is 0.527. The molecule has 19 heavy (non-hydrogen) atoms. The zero-order valence-corrected chi connectivity index (χ0v) is 9.59. The van der Waals surface area contributed by atoms with Gasteiger partial charge in [0.25, 0.3) is 0 Å². The van der Waals surface area contributed by atoms with Gasteiger partial charge in [0.05, 0.1) is 0 Å². The maximum Gasteiger partial charge on any atom is 0.203 e. The normalized spacial score (nSPS) is 10.5. The van der Waals surface area contributed by atoms with Gasteiger partial charge in [-0.3, -0.25) is 0 Å². The summed E-state index contributed by atoms with van der Waals surface area (Å²) in [7, 11) is 0. The number of anilines is 1. The van der Waals surface area contributed by atoms with Crippen LogP contribution in [0.5, 0.6) is 5.75 Å². The first-order chi connectivity index (χ1) is 9.00.